The summed E-state index contributed by atoms with van der Waals surface area (Å²) in [6, 6.07) is 1.57. The van der Waals surface area contributed by atoms with Crippen molar-refractivity contribution in [3.05, 3.63) is 29.8 Å². The van der Waals surface area contributed by atoms with Crippen LogP contribution in [-0.2, 0) is 0 Å². The molecule has 16 heavy (non-hydrogen) atoms. The molecule has 1 aromatic rings. The second kappa shape index (κ2) is 7.30. The maximum Gasteiger partial charge on any atom is 0.146 e. The number of halogens is 1. The van der Waals surface area contributed by atoms with Gasteiger partial charge in [0.1, 0.15) is 5.82 Å². The van der Waals surface area contributed by atoms with Gasteiger partial charge in [0.15, 0.2) is 0 Å². The Morgan fingerprint density at radius 3 is 2.88 bits per heavy atom. The number of nitrogens with two attached hydrogens (primary N) is 1. The molecule has 0 aliphatic heterocycles. The van der Waals surface area contributed by atoms with E-state index in [1.807, 2.05) is 0 Å². The van der Waals surface area contributed by atoms with Gasteiger partial charge < -0.3 is 0 Å². The Labute approximate surface area is 96.2 Å². The van der Waals surface area contributed by atoms with Crippen molar-refractivity contribution in [2.45, 2.75) is 45.1 Å². The summed E-state index contributed by atoms with van der Waals surface area (Å²) in [6.07, 6.45) is 8.32. The lowest BCUT2D eigenvalue weighted by atomic mass is 10.0. The van der Waals surface area contributed by atoms with Crippen LogP contribution in [0.1, 0.15) is 50.6 Å². The van der Waals surface area contributed by atoms with Gasteiger partial charge in [-0.1, -0.05) is 32.6 Å². The molecule has 0 saturated carbocycles. The first-order valence-electron chi connectivity index (χ1n) is 5.85. The van der Waals surface area contributed by atoms with E-state index in [4.69, 9.17) is 5.84 Å². The molecule has 0 radical (unpaired) electrons. The largest absolute Gasteiger partial charge is 0.271 e. The van der Waals surface area contributed by atoms with Gasteiger partial charge in [-0.3, -0.25) is 16.3 Å². The molecule has 1 heterocycles. The van der Waals surface area contributed by atoms with Gasteiger partial charge in [-0.25, -0.2) is 4.39 Å². The number of rotatable bonds is 7. The molecule has 0 bridgehead atoms. The maximum absolute atomic E-state index is 13.4. The van der Waals surface area contributed by atoms with Crippen molar-refractivity contribution < 1.29 is 4.39 Å². The predicted molar refractivity (Wildman–Crippen MR) is 63.0 cm³/mol. The Kier molecular flexibility index (Phi) is 5.96. The topological polar surface area (TPSA) is 50.9 Å². The number of nitrogens with zero attached hydrogens (tertiary/aromatic N) is 1. The van der Waals surface area contributed by atoms with Gasteiger partial charge >= 0.3 is 0 Å². The quantitative estimate of drug-likeness (QED) is 0.426. The molecule has 0 amide bonds. The molecule has 1 aromatic heterocycles. The first-order chi connectivity index (χ1) is 7.79. The lowest BCUT2D eigenvalue weighted by molar-refractivity contribution is 0.459. The van der Waals surface area contributed by atoms with E-state index in [-0.39, 0.29) is 11.9 Å². The van der Waals surface area contributed by atoms with Crippen LogP contribution in [0.2, 0.25) is 0 Å². The fourth-order valence-electron chi connectivity index (χ4n) is 1.77. The molecule has 3 nitrogen and oxygen atoms in total. The molecule has 0 spiro atoms. The average Bonchev–Trinajstić information content (AvgIpc) is 2.31. The maximum atomic E-state index is 13.4. The number of nitrogens with one attached hydrogen (secondary N) is 1. The van der Waals surface area contributed by atoms with Crippen LogP contribution in [0.25, 0.3) is 0 Å². The first-order valence-corrected chi connectivity index (χ1v) is 5.85. The van der Waals surface area contributed by atoms with Crippen LogP contribution in [0.3, 0.4) is 0 Å². The van der Waals surface area contributed by atoms with Gasteiger partial charge in [0.05, 0.1) is 6.20 Å². The van der Waals surface area contributed by atoms with E-state index in [0.717, 1.165) is 12.8 Å². The van der Waals surface area contributed by atoms with Gasteiger partial charge in [0, 0.05) is 17.8 Å². The molecule has 1 rings (SSSR count). The van der Waals surface area contributed by atoms with Crippen LogP contribution < -0.4 is 11.3 Å². The summed E-state index contributed by atoms with van der Waals surface area (Å²) in [5, 5.41) is 0. The Bertz CT molecular complexity index is 304. The molecule has 3 N–H and O–H groups in total. The summed E-state index contributed by atoms with van der Waals surface area (Å²) in [6.45, 7) is 2.17. The van der Waals surface area contributed by atoms with Crippen molar-refractivity contribution in [3.8, 4) is 0 Å². The number of hydrogen-bond acceptors (Lipinski definition) is 3. The highest BCUT2D eigenvalue weighted by atomic mass is 19.1. The van der Waals surface area contributed by atoms with Crippen LogP contribution in [0.5, 0.6) is 0 Å². The van der Waals surface area contributed by atoms with Crippen LogP contribution in [0, 0.1) is 5.82 Å². The Balaban J connectivity index is 2.51. The zero-order chi connectivity index (χ0) is 11.8. The van der Waals surface area contributed by atoms with E-state index >= 15 is 0 Å². The summed E-state index contributed by atoms with van der Waals surface area (Å²) in [4.78, 5) is 3.73. The predicted octanol–water partition coefficient (Wildman–Crippen LogP) is 2.70. The van der Waals surface area contributed by atoms with E-state index in [2.05, 4.69) is 17.3 Å². The average molecular weight is 225 g/mol. The van der Waals surface area contributed by atoms with Crippen LogP contribution >= 0.6 is 0 Å². The standard InChI is InChI=1S/C12H20FN3/c1-2-3-4-5-6-12(16-14)10-7-8-15-9-11(10)13/h7-9,12,16H,2-6,14H2,1H3. The normalized spacial score (nSPS) is 12.7. The van der Waals surface area contributed by atoms with Crippen molar-refractivity contribution in [2.24, 2.45) is 5.84 Å². The molecule has 0 aromatic carbocycles. The molecular formula is C12H20FN3. The first kappa shape index (κ1) is 13.1. The fourth-order valence-corrected chi connectivity index (χ4v) is 1.77. The van der Waals surface area contributed by atoms with Crippen molar-refractivity contribution in [1.82, 2.24) is 10.4 Å². The van der Waals surface area contributed by atoms with Gasteiger partial charge in [-0.2, -0.15) is 0 Å². The summed E-state index contributed by atoms with van der Waals surface area (Å²) >= 11 is 0. The summed E-state index contributed by atoms with van der Waals surface area (Å²) in [5.41, 5.74) is 3.27. The molecule has 0 fully saturated rings. The number of pyridine rings is 1. The monoisotopic (exact) mass is 225 g/mol. The van der Waals surface area contributed by atoms with Crippen LogP contribution in [-0.4, -0.2) is 4.98 Å². The number of aromatic nitrogens is 1. The SMILES string of the molecule is CCCCCCC(NN)c1ccncc1F. The molecule has 4 heteroatoms. The van der Waals surface area contributed by atoms with E-state index < -0.39 is 0 Å². The smallest absolute Gasteiger partial charge is 0.146 e. The number of hydrogen-bond donors (Lipinski definition) is 2. The Morgan fingerprint density at radius 1 is 1.44 bits per heavy atom. The van der Waals surface area contributed by atoms with Gasteiger partial charge in [0.25, 0.3) is 0 Å². The van der Waals surface area contributed by atoms with E-state index in [0.29, 0.717) is 5.56 Å². The van der Waals surface area contributed by atoms with Crippen molar-refractivity contribution in [1.29, 1.82) is 0 Å². The molecule has 1 unspecified atom stereocenters. The highest BCUT2D eigenvalue weighted by Crippen LogP contribution is 2.21. The third-order valence-electron chi connectivity index (χ3n) is 2.73. The molecule has 0 aliphatic rings. The number of hydrazine groups is 1. The Hall–Kier alpha value is -1.00. The van der Waals surface area contributed by atoms with Crippen LogP contribution in [0.4, 0.5) is 4.39 Å². The summed E-state index contributed by atoms with van der Waals surface area (Å²) in [7, 11) is 0. The summed E-state index contributed by atoms with van der Waals surface area (Å²) < 4.78 is 13.4. The highest BCUT2D eigenvalue weighted by molar-refractivity contribution is 5.16. The minimum absolute atomic E-state index is 0.111. The second-order valence-electron chi connectivity index (χ2n) is 3.97. The van der Waals surface area contributed by atoms with Gasteiger partial charge in [0.2, 0.25) is 0 Å². The zero-order valence-corrected chi connectivity index (χ0v) is 9.75. The molecule has 90 valence electrons. The second-order valence-corrected chi connectivity index (χ2v) is 3.97. The molecule has 0 aliphatic carbocycles. The van der Waals surface area contributed by atoms with E-state index in [1.54, 1.807) is 12.3 Å². The van der Waals surface area contributed by atoms with Crippen LogP contribution in [0.15, 0.2) is 18.5 Å². The molecule has 1 atom stereocenters. The van der Waals surface area contributed by atoms with Crippen molar-refractivity contribution in [2.75, 3.05) is 0 Å². The summed E-state index contributed by atoms with van der Waals surface area (Å²) in [5.74, 6) is 5.16. The third-order valence-corrected chi connectivity index (χ3v) is 2.73. The lowest BCUT2D eigenvalue weighted by Gasteiger charge is -2.16. The lowest BCUT2D eigenvalue weighted by Crippen LogP contribution is -2.28. The fraction of sp³-hybridized carbons (Fsp3) is 0.583. The minimum Gasteiger partial charge on any atom is -0.271 e. The minimum atomic E-state index is -0.291. The zero-order valence-electron chi connectivity index (χ0n) is 9.75. The molecule has 0 saturated heterocycles. The van der Waals surface area contributed by atoms with Crippen molar-refractivity contribution >= 4 is 0 Å². The van der Waals surface area contributed by atoms with E-state index in [1.165, 1.54) is 25.5 Å². The number of unbranched alkanes of at least 4 members (excludes halogenated alkanes) is 3. The van der Waals surface area contributed by atoms with Crippen molar-refractivity contribution in [3.63, 3.8) is 0 Å². The van der Waals surface area contributed by atoms with Gasteiger partial charge in [-0.15, -0.1) is 0 Å². The Morgan fingerprint density at radius 2 is 2.25 bits per heavy atom. The van der Waals surface area contributed by atoms with E-state index in [9.17, 15) is 4.39 Å². The van der Waals surface area contributed by atoms with Gasteiger partial charge in [-0.05, 0) is 12.5 Å². The third kappa shape index (κ3) is 3.87. The highest BCUT2D eigenvalue weighted by Gasteiger charge is 2.13. The molecular weight excluding hydrogens is 205 g/mol.